The SMILES string of the molecule is CCCC(=O)NC1CCCN(c2ncnc3c(F)cccc23)C1. The van der Waals surface area contributed by atoms with Gasteiger partial charge >= 0.3 is 0 Å². The summed E-state index contributed by atoms with van der Waals surface area (Å²) in [5.41, 5.74) is 0.342. The van der Waals surface area contributed by atoms with Crippen LogP contribution < -0.4 is 10.2 Å². The highest BCUT2D eigenvalue weighted by Gasteiger charge is 2.23. The van der Waals surface area contributed by atoms with E-state index in [-0.39, 0.29) is 17.8 Å². The number of nitrogens with one attached hydrogen (secondary N) is 1. The minimum atomic E-state index is -0.337. The Labute approximate surface area is 134 Å². The molecule has 1 atom stereocenters. The van der Waals surface area contributed by atoms with Gasteiger partial charge in [0, 0.05) is 30.9 Å². The van der Waals surface area contributed by atoms with Crippen molar-refractivity contribution in [3.63, 3.8) is 0 Å². The highest BCUT2D eigenvalue weighted by molar-refractivity contribution is 5.89. The van der Waals surface area contributed by atoms with Gasteiger partial charge in [0.25, 0.3) is 0 Å². The van der Waals surface area contributed by atoms with Crippen LogP contribution in [0.3, 0.4) is 0 Å². The average Bonchev–Trinajstić information content (AvgIpc) is 2.55. The number of carbonyl (C=O) groups is 1. The molecule has 0 bridgehead atoms. The van der Waals surface area contributed by atoms with E-state index < -0.39 is 0 Å². The maximum Gasteiger partial charge on any atom is 0.220 e. The van der Waals surface area contributed by atoms with E-state index >= 15 is 0 Å². The molecule has 1 aromatic carbocycles. The number of hydrogen-bond donors (Lipinski definition) is 1. The summed E-state index contributed by atoms with van der Waals surface area (Å²) in [5.74, 6) is 0.498. The Kier molecular flexibility index (Phi) is 4.69. The first-order valence-electron chi connectivity index (χ1n) is 8.12. The smallest absolute Gasteiger partial charge is 0.220 e. The van der Waals surface area contributed by atoms with Crippen LogP contribution in [-0.4, -0.2) is 35.0 Å². The Morgan fingerprint density at radius 2 is 2.30 bits per heavy atom. The monoisotopic (exact) mass is 316 g/mol. The number of piperidine rings is 1. The van der Waals surface area contributed by atoms with Gasteiger partial charge in [0.1, 0.15) is 23.5 Å². The maximum absolute atomic E-state index is 13.9. The van der Waals surface area contributed by atoms with Crippen molar-refractivity contribution in [3.8, 4) is 0 Å². The minimum Gasteiger partial charge on any atom is -0.354 e. The highest BCUT2D eigenvalue weighted by atomic mass is 19.1. The molecule has 1 aliphatic heterocycles. The van der Waals surface area contributed by atoms with E-state index in [2.05, 4.69) is 20.2 Å². The zero-order valence-electron chi connectivity index (χ0n) is 13.3. The molecule has 1 unspecified atom stereocenters. The fourth-order valence-corrected chi connectivity index (χ4v) is 3.10. The number of fused-ring (bicyclic) bond motifs is 1. The molecule has 5 nitrogen and oxygen atoms in total. The third kappa shape index (κ3) is 3.41. The Hall–Kier alpha value is -2.24. The molecule has 1 aromatic heterocycles. The predicted octanol–water partition coefficient (Wildman–Crippen LogP) is 2.65. The molecule has 1 aliphatic rings. The van der Waals surface area contributed by atoms with Gasteiger partial charge in [-0.1, -0.05) is 13.0 Å². The second-order valence-corrected chi connectivity index (χ2v) is 5.94. The molecule has 0 spiro atoms. The highest BCUT2D eigenvalue weighted by Crippen LogP contribution is 2.26. The largest absolute Gasteiger partial charge is 0.354 e. The van der Waals surface area contributed by atoms with Gasteiger partial charge in [0.15, 0.2) is 0 Å². The summed E-state index contributed by atoms with van der Waals surface area (Å²) in [6, 6.07) is 5.03. The van der Waals surface area contributed by atoms with E-state index in [4.69, 9.17) is 0 Å². The fourth-order valence-electron chi connectivity index (χ4n) is 3.10. The van der Waals surface area contributed by atoms with E-state index in [9.17, 15) is 9.18 Å². The first kappa shape index (κ1) is 15.6. The first-order valence-corrected chi connectivity index (χ1v) is 8.12. The fraction of sp³-hybridized carbons (Fsp3) is 0.471. The van der Waals surface area contributed by atoms with E-state index in [1.165, 1.54) is 12.4 Å². The minimum absolute atomic E-state index is 0.0953. The van der Waals surface area contributed by atoms with Gasteiger partial charge < -0.3 is 10.2 Å². The van der Waals surface area contributed by atoms with E-state index in [1.54, 1.807) is 6.07 Å². The summed E-state index contributed by atoms with van der Waals surface area (Å²) in [5, 5.41) is 3.80. The second kappa shape index (κ2) is 6.89. The standard InChI is InChI=1S/C17H21FN4O/c1-2-5-15(23)21-12-6-4-9-22(10-12)17-13-7-3-8-14(18)16(13)19-11-20-17/h3,7-8,11-12H,2,4-6,9-10H2,1H3,(H,21,23). The topological polar surface area (TPSA) is 58.1 Å². The Balaban J connectivity index is 1.82. The van der Waals surface area contributed by atoms with E-state index in [1.807, 2.05) is 13.0 Å². The third-order valence-electron chi connectivity index (χ3n) is 4.16. The molecule has 0 saturated carbocycles. The molecule has 23 heavy (non-hydrogen) atoms. The maximum atomic E-state index is 13.9. The van der Waals surface area contributed by atoms with Crippen molar-refractivity contribution >= 4 is 22.6 Å². The lowest BCUT2D eigenvalue weighted by Gasteiger charge is -2.34. The third-order valence-corrected chi connectivity index (χ3v) is 4.16. The van der Waals surface area contributed by atoms with Crippen LogP contribution in [0.25, 0.3) is 10.9 Å². The quantitative estimate of drug-likeness (QED) is 0.942. The van der Waals surface area contributed by atoms with Crippen LogP contribution in [-0.2, 0) is 4.79 Å². The number of carbonyl (C=O) groups excluding carboxylic acids is 1. The van der Waals surface area contributed by atoms with Gasteiger partial charge in [-0.2, -0.15) is 0 Å². The molecule has 2 heterocycles. The number of nitrogens with zero attached hydrogens (tertiary/aromatic N) is 3. The van der Waals surface area contributed by atoms with E-state index in [0.717, 1.165) is 31.6 Å². The molecule has 1 N–H and O–H groups in total. The molecular formula is C17H21FN4O. The van der Waals surface area contributed by atoms with Crippen LogP contribution in [0.2, 0.25) is 0 Å². The molecule has 6 heteroatoms. The molecule has 1 amide bonds. The van der Waals surface area contributed by atoms with Crippen LogP contribution >= 0.6 is 0 Å². The molecule has 1 saturated heterocycles. The number of anilines is 1. The molecular weight excluding hydrogens is 295 g/mol. The molecule has 2 aromatic rings. The number of hydrogen-bond acceptors (Lipinski definition) is 4. The van der Waals surface area contributed by atoms with Crippen molar-refractivity contribution in [2.45, 2.75) is 38.6 Å². The number of rotatable bonds is 4. The summed E-state index contributed by atoms with van der Waals surface area (Å²) in [6.45, 7) is 3.54. The van der Waals surface area contributed by atoms with Gasteiger partial charge in [-0.05, 0) is 31.4 Å². The molecule has 0 aliphatic carbocycles. The van der Waals surface area contributed by atoms with Gasteiger partial charge in [-0.15, -0.1) is 0 Å². The second-order valence-electron chi connectivity index (χ2n) is 5.94. The Morgan fingerprint density at radius 1 is 1.43 bits per heavy atom. The van der Waals surface area contributed by atoms with Crippen LogP contribution in [0.4, 0.5) is 10.2 Å². The van der Waals surface area contributed by atoms with Crippen LogP contribution in [0.5, 0.6) is 0 Å². The average molecular weight is 316 g/mol. The van der Waals surface area contributed by atoms with Crippen molar-refractivity contribution < 1.29 is 9.18 Å². The molecule has 0 radical (unpaired) electrons. The number of halogens is 1. The van der Waals surface area contributed by atoms with Crippen molar-refractivity contribution in [2.24, 2.45) is 0 Å². The number of amides is 1. The summed E-state index contributed by atoms with van der Waals surface area (Å²) in [6.07, 6.45) is 4.73. The molecule has 1 fully saturated rings. The van der Waals surface area contributed by atoms with Crippen LogP contribution in [0, 0.1) is 5.82 Å². The summed E-state index contributed by atoms with van der Waals surface area (Å²) >= 11 is 0. The van der Waals surface area contributed by atoms with Crippen molar-refractivity contribution in [1.82, 2.24) is 15.3 Å². The Bertz CT molecular complexity index is 706. The van der Waals surface area contributed by atoms with Crippen LogP contribution in [0.15, 0.2) is 24.5 Å². The number of aromatic nitrogens is 2. The summed E-state index contributed by atoms with van der Waals surface area (Å²) in [7, 11) is 0. The predicted molar refractivity (Wildman–Crippen MR) is 87.8 cm³/mol. The van der Waals surface area contributed by atoms with E-state index in [0.29, 0.717) is 23.9 Å². The number of para-hydroxylation sites is 1. The van der Waals surface area contributed by atoms with Crippen molar-refractivity contribution in [2.75, 3.05) is 18.0 Å². The lowest BCUT2D eigenvalue weighted by atomic mass is 10.0. The van der Waals surface area contributed by atoms with Crippen LogP contribution in [0.1, 0.15) is 32.6 Å². The summed E-state index contributed by atoms with van der Waals surface area (Å²) in [4.78, 5) is 22.3. The van der Waals surface area contributed by atoms with Gasteiger partial charge in [-0.3, -0.25) is 4.79 Å². The van der Waals surface area contributed by atoms with Crippen molar-refractivity contribution in [1.29, 1.82) is 0 Å². The first-order chi connectivity index (χ1) is 11.2. The lowest BCUT2D eigenvalue weighted by molar-refractivity contribution is -0.121. The van der Waals surface area contributed by atoms with Gasteiger partial charge in [0.2, 0.25) is 5.91 Å². The zero-order chi connectivity index (χ0) is 16.2. The molecule has 3 rings (SSSR count). The van der Waals surface area contributed by atoms with Crippen molar-refractivity contribution in [3.05, 3.63) is 30.3 Å². The van der Waals surface area contributed by atoms with Gasteiger partial charge in [0.05, 0.1) is 0 Å². The lowest BCUT2D eigenvalue weighted by Crippen LogP contribution is -2.48. The zero-order valence-corrected chi connectivity index (χ0v) is 13.3. The Morgan fingerprint density at radius 3 is 3.13 bits per heavy atom. The van der Waals surface area contributed by atoms with Gasteiger partial charge in [-0.25, -0.2) is 14.4 Å². The molecule has 122 valence electrons. The normalized spacial score (nSPS) is 18.2. The number of benzene rings is 1. The summed E-state index contributed by atoms with van der Waals surface area (Å²) < 4.78 is 13.9.